The number of rotatable bonds is 4. The highest BCUT2D eigenvalue weighted by Crippen LogP contribution is 2.41. The van der Waals surface area contributed by atoms with E-state index < -0.39 is 29.5 Å². The molecule has 0 heterocycles. The molecule has 0 saturated heterocycles. The molecule has 1 rings (SSSR count). The lowest BCUT2D eigenvalue weighted by atomic mass is 9.78. The van der Waals surface area contributed by atoms with E-state index in [0.717, 1.165) is 0 Å². The van der Waals surface area contributed by atoms with E-state index in [9.17, 15) is 18.0 Å². The third kappa shape index (κ3) is 4.42. The van der Waals surface area contributed by atoms with Crippen LogP contribution in [0.15, 0.2) is 0 Å². The van der Waals surface area contributed by atoms with Crippen LogP contribution in [-0.2, 0) is 4.79 Å². The van der Waals surface area contributed by atoms with Gasteiger partial charge in [0.1, 0.15) is 0 Å². The minimum Gasteiger partial charge on any atom is -0.348 e. The fraction of sp³-hybridized carbons (Fsp3) is 0.917. The minimum absolute atomic E-state index is 0.0139. The van der Waals surface area contributed by atoms with Crippen molar-refractivity contribution < 1.29 is 18.0 Å². The lowest BCUT2D eigenvalue weighted by Crippen LogP contribution is -2.53. The lowest BCUT2D eigenvalue weighted by Gasteiger charge is -2.35. The average Bonchev–Trinajstić information content (AvgIpc) is 2.37. The van der Waals surface area contributed by atoms with E-state index in [0.29, 0.717) is 12.8 Å². The Morgan fingerprint density at radius 2 is 1.74 bits per heavy atom. The third-order valence-electron chi connectivity index (χ3n) is 3.54. The Kier molecular flexibility index (Phi) is 5.80. The molecule has 112 valence electrons. The first-order valence-corrected chi connectivity index (χ1v) is 7.31. The van der Waals surface area contributed by atoms with Gasteiger partial charge in [0.15, 0.2) is 0 Å². The van der Waals surface area contributed by atoms with E-state index in [-0.39, 0.29) is 24.6 Å². The first-order valence-electron chi connectivity index (χ1n) is 6.24. The Bertz CT molecular complexity index is 319. The van der Waals surface area contributed by atoms with Gasteiger partial charge in [-0.25, -0.2) is 0 Å². The summed E-state index contributed by atoms with van der Waals surface area (Å²) >= 11 is 11.4. The summed E-state index contributed by atoms with van der Waals surface area (Å²) in [5, 5.41) is 2.56. The van der Waals surface area contributed by atoms with E-state index in [2.05, 4.69) is 5.32 Å². The van der Waals surface area contributed by atoms with Gasteiger partial charge in [-0.15, -0.1) is 23.2 Å². The highest BCUT2D eigenvalue weighted by atomic mass is 35.5. The topological polar surface area (TPSA) is 29.1 Å². The van der Waals surface area contributed by atoms with Crippen LogP contribution >= 0.6 is 23.2 Å². The minimum atomic E-state index is -4.33. The van der Waals surface area contributed by atoms with Gasteiger partial charge in [0.25, 0.3) is 0 Å². The molecule has 0 aliphatic heterocycles. The quantitative estimate of drug-likeness (QED) is 0.786. The molecule has 2 nitrogen and oxygen atoms in total. The molecule has 19 heavy (non-hydrogen) atoms. The van der Waals surface area contributed by atoms with E-state index in [1.807, 2.05) is 0 Å². The van der Waals surface area contributed by atoms with Crippen molar-refractivity contribution in [3.8, 4) is 0 Å². The third-order valence-corrected chi connectivity index (χ3v) is 4.72. The van der Waals surface area contributed by atoms with Crippen molar-refractivity contribution in [1.29, 1.82) is 0 Å². The zero-order valence-corrected chi connectivity index (χ0v) is 12.2. The summed E-state index contributed by atoms with van der Waals surface area (Å²) in [7, 11) is 0. The number of halogens is 5. The van der Waals surface area contributed by atoms with Crippen LogP contribution in [0.2, 0.25) is 0 Å². The monoisotopic (exact) mass is 319 g/mol. The van der Waals surface area contributed by atoms with Crippen LogP contribution in [-0.4, -0.2) is 29.4 Å². The van der Waals surface area contributed by atoms with E-state index in [4.69, 9.17) is 23.2 Å². The molecule has 1 N–H and O–H groups in total. The molecule has 1 fully saturated rings. The maximum atomic E-state index is 12.9. The molecule has 1 amide bonds. The average molecular weight is 320 g/mol. The molecule has 1 saturated carbocycles. The maximum Gasteiger partial charge on any atom is 0.392 e. The van der Waals surface area contributed by atoms with Crippen molar-refractivity contribution in [2.24, 2.45) is 11.8 Å². The molecule has 2 atom stereocenters. The first kappa shape index (κ1) is 16.9. The predicted molar refractivity (Wildman–Crippen MR) is 69.5 cm³/mol. The van der Waals surface area contributed by atoms with Crippen molar-refractivity contribution in [2.45, 2.75) is 44.3 Å². The van der Waals surface area contributed by atoms with Gasteiger partial charge in [-0.2, -0.15) is 13.2 Å². The first-order chi connectivity index (χ1) is 8.73. The largest absolute Gasteiger partial charge is 0.392 e. The summed E-state index contributed by atoms with van der Waals surface area (Å²) in [6, 6.07) is 0. The van der Waals surface area contributed by atoms with E-state index >= 15 is 0 Å². The number of nitrogens with one attached hydrogen (secondary N) is 1. The molecule has 0 aromatic heterocycles. The van der Waals surface area contributed by atoms with Gasteiger partial charge in [-0.05, 0) is 19.8 Å². The number of amides is 1. The van der Waals surface area contributed by atoms with Crippen molar-refractivity contribution in [3.63, 3.8) is 0 Å². The van der Waals surface area contributed by atoms with Crippen LogP contribution in [0.3, 0.4) is 0 Å². The molecule has 0 radical (unpaired) electrons. The van der Waals surface area contributed by atoms with Crippen molar-refractivity contribution in [2.75, 3.05) is 11.8 Å². The summed E-state index contributed by atoms with van der Waals surface area (Å²) < 4.78 is 38.7. The summed E-state index contributed by atoms with van der Waals surface area (Å²) in [5.41, 5.74) is -0.867. The molecule has 0 spiro atoms. The second-order valence-corrected chi connectivity index (χ2v) is 5.89. The fourth-order valence-corrected chi connectivity index (χ4v) is 2.75. The molecule has 1 aliphatic carbocycles. The summed E-state index contributed by atoms with van der Waals surface area (Å²) in [6.07, 6.45) is -2.91. The Balaban J connectivity index is 2.78. The number of carbonyl (C=O) groups is 1. The van der Waals surface area contributed by atoms with Gasteiger partial charge in [0.2, 0.25) is 5.91 Å². The molecule has 2 unspecified atom stereocenters. The van der Waals surface area contributed by atoms with Crippen LogP contribution in [0.1, 0.15) is 32.6 Å². The summed E-state index contributed by atoms with van der Waals surface area (Å²) in [5.74, 6) is -3.06. The number of hydrogen-bond donors (Lipinski definition) is 1. The van der Waals surface area contributed by atoms with Gasteiger partial charge >= 0.3 is 6.18 Å². The van der Waals surface area contributed by atoms with Gasteiger partial charge in [-0.1, -0.05) is 12.8 Å². The van der Waals surface area contributed by atoms with Crippen LogP contribution < -0.4 is 5.32 Å². The van der Waals surface area contributed by atoms with Crippen LogP contribution in [0.25, 0.3) is 0 Å². The standard InChI is InChI=1S/C12H18Cl2F3NO/c1-11(6-13,7-14)18-10(19)8-4-2-3-5-9(8)12(15,16)17/h8-9H,2-7H2,1H3,(H,18,19). The Morgan fingerprint density at radius 3 is 2.21 bits per heavy atom. The van der Waals surface area contributed by atoms with E-state index in [1.165, 1.54) is 0 Å². The van der Waals surface area contributed by atoms with Crippen molar-refractivity contribution >= 4 is 29.1 Å². The Morgan fingerprint density at radius 1 is 1.21 bits per heavy atom. The lowest BCUT2D eigenvalue weighted by molar-refractivity contribution is -0.198. The van der Waals surface area contributed by atoms with E-state index in [1.54, 1.807) is 6.92 Å². The van der Waals surface area contributed by atoms with Crippen LogP contribution in [0.4, 0.5) is 13.2 Å². The normalized spacial score (nSPS) is 25.2. The van der Waals surface area contributed by atoms with Gasteiger partial charge in [-0.3, -0.25) is 4.79 Å². The maximum absolute atomic E-state index is 12.9. The number of hydrogen-bond acceptors (Lipinski definition) is 1. The number of alkyl halides is 5. The van der Waals surface area contributed by atoms with Gasteiger partial charge < -0.3 is 5.32 Å². The number of carbonyl (C=O) groups excluding carboxylic acids is 1. The molecule has 7 heteroatoms. The molecule has 1 aliphatic rings. The SMILES string of the molecule is CC(CCl)(CCl)NC(=O)C1CCCCC1C(F)(F)F. The Hall–Kier alpha value is -0.160. The zero-order valence-electron chi connectivity index (χ0n) is 10.7. The molecule has 0 bridgehead atoms. The molecule has 0 aromatic rings. The van der Waals surface area contributed by atoms with Gasteiger partial charge in [0, 0.05) is 17.7 Å². The Labute approximate surface area is 121 Å². The van der Waals surface area contributed by atoms with Gasteiger partial charge in [0.05, 0.1) is 11.5 Å². The van der Waals surface area contributed by atoms with Crippen molar-refractivity contribution in [3.05, 3.63) is 0 Å². The summed E-state index contributed by atoms with van der Waals surface area (Å²) in [6.45, 7) is 1.62. The van der Waals surface area contributed by atoms with Crippen molar-refractivity contribution in [1.82, 2.24) is 5.32 Å². The summed E-state index contributed by atoms with van der Waals surface area (Å²) in [4.78, 5) is 12.1. The highest BCUT2D eigenvalue weighted by Gasteiger charge is 2.48. The van der Waals surface area contributed by atoms with Crippen LogP contribution in [0.5, 0.6) is 0 Å². The molecule has 0 aromatic carbocycles. The highest BCUT2D eigenvalue weighted by molar-refractivity contribution is 6.22. The smallest absolute Gasteiger partial charge is 0.348 e. The fourth-order valence-electron chi connectivity index (χ4n) is 2.33. The predicted octanol–water partition coefficient (Wildman–Crippen LogP) is 3.71. The van der Waals surface area contributed by atoms with Crippen LogP contribution in [0, 0.1) is 11.8 Å². The zero-order chi connectivity index (χ0) is 14.7. The second kappa shape index (κ2) is 6.53. The molecular weight excluding hydrogens is 302 g/mol. The molecular formula is C12H18Cl2F3NO. The second-order valence-electron chi connectivity index (χ2n) is 5.36.